The second-order valence-corrected chi connectivity index (χ2v) is 9.46. The molecule has 0 unspecified atom stereocenters. The van der Waals surface area contributed by atoms with Gasteiger partial charge in [-0.25, -0.2) is 8.42 Å². The molecule has 1 saturated heterocycles. The summed E-state index contributed by atoms with van der Waals surface area (Å²) in [6.45, 7) is 0.446. The maximum absolute atomic E-state index is 12.0. The van der Waals surface area contributed by atoms with E-state index in [2.05, 4.69) is 5.32 Å². The van der Waals surface area contributed by atoms with Gasteiger partial charge in [-0.1, -0.05) is 29.8 Å². The van der Waals surface area contributed by atoms with Gasteiger partial charge < -0.3 is 15.0 Å². The Labute approximate surface area is 170 Å². The standard InChI is InChI=1S/C19H21ClN2O3S2/c1-25-17-8-6-15(7-9-17)21-19(26)22(16-10-11-27(23,24)13-16)12-14-4-2-3-5-18(14)20/h2-9,16H,10-13H2,1H3,(H,21,26)/t16-/m0/s1. The van der Waals surface area contributed by atoms with Crippen molar-refractivity contribution in [2.24, 2.45) is 0 Å². The molecule has 0 aliphatic carbocycles. The van der Waals surface area contributed by atoms with Crippen molar-refractivity contribution in [2.45, 2.75) is 19.0 Å². The molecule has 1 N–H and O–H groups in total. The molecular formula is C19H21ClN2O3S2. The number of thiocarbonyl (C=S) groups is 1. The number of rotatable bonds is 5. The summed E-state index contributed by atoms with van der Waals surface area (Å²) in [5.74, 6) is 1.03. The van der Waals surface area contributed by atoms with Crippen LogP contribution in [0.4, 0.5) is 5.69 Å². The van der Waals surface area contributed by atoms with E-state index in [1.54, 1.807) is 7.11 Å². The molecule has 0 saturated carbocycles. The lowest BCUT2D eigenvalue weighted by Gasteiger charge is -2.31. The van der Waals surface area contributed by atoms with Crippen molar-refractivity contribution in [1.29, 1.82) is 0 Å². The van der Waals surface area contributed by atoms with Crippen molar-refractivity contribution in [2.75, 3.05) is 23.9 Å². The Morgan fingerprint density at radius 3 is 2.56 bits per heavy atom. The Kier molecular flexibility index (Phi) is 6.24. The molecule has 0 radical (unpaired) electrons. The molecule has 144 valence electrons. The predicted molar refractivity (Wildman–Crippen MR) is 113 cm³/mol. The van der Waals surface area contributed by atoms with Crippen LogP contribution in [0.1, 0.15) is 12.0 Å². The van der Waals surface area contributed by atoms with Gasteiger partial charge in [0.15, 0.2) is 14.9 Å². The van der Waals surface area contributed by atoms with Gasteiger partial charge in [0.05, 0.1) is 18.6 Å². The fourth-order valence-electron chi connectivity index (χ4n) is 3.07. The number of hydrogen-bond donors (Lipinski definition) is 1. The molecule has 27 heavy (non-hydrogen) atoms. The van der Waals surface area contributed by atoms with Gasteiger partial charge in [-0.15, -0.1) is 0 Å². The van der Waals surface area contributed by atoms with Crippen LogP contribution < -0.4 is 10.1 Å². The van der Waals surface area contributed by atoms with E-state index in [1.807, 2.05) is 53.4 Å². The zero-order valence-corrected chi connectivity index (χ0v) is 17.3. The first-order valence-electron chi connectivity index (χ1n) is 8.53. The summed E-state index contributed by atoms with van der Waals surface area (Å²) in [5, 5.41) is 4.31. The predicted octanol–water partition coefficient (Wildman–Crippen LogP) is 3.73. The van der Waals surface area contributed by atoms with Crippen LogP contribution in [0, 0.1) is 0 Å². The van der Waals surface area contributed by atoms with Gasteiger partial charge in [0.1, 0.15) is 5.75 Å². The fourth-order valence-corrected chi connectivity index (χ4v) is 5.33. The van der Waals surface area contributed by atoms with Crippen LogP contribution in [0.3, 0.4) is 0 Å². The first-order chi connectivity index (χ1) is 12.9. The van der Waals surface area contributed by atoms with Gasteiger partial charge in [0.2, 0.25) is 0 Å². The quantitative estimate of drug-likeness (QED) is 0.738. The summed E-state index contributed by atoms with van der Waals surface area (Å²) in [7, 11) is -1.43. The number of benzene rings is 2. The fraction of sp³-hybridized carbons (Fsp3) is 0.316. The topological polar surface area (TPSA) is 58.6 Å². The lowest BCUT2D eigenvalue weighted by atomic mass is 10.1. The highest BCUT2D eigenvalue weighted by Gasteiger charge is 2.33. The van der Waals surface area contributed by atoms with Crippen molar-refractivity contribution in [3.63, 3.8) is 0 Å². The molecule has 1 atom stereocenters. The Morgan fingerprint density at radius 1 is 1.26 bits per heavy atom. The average Bonchev–Trinajstić information content (AvgIpc) is 3.01. The van der Waals surface area contributed by atoms with Crippen LogP contribution in [-0.2, 0) is 16.4 Å². The second-order valence-electron chi connectivity index (χ2n) is 6.43. The lowest BCUT2D eigenvalue weighted by molar-refractivity contribution is 0.332. The molecule has 5 nitrogen and oxygen atoms in total. The number of sulfone groups is 1. The molecule has 0 spiro atoms. The van der Waals surface area contributed by atoms with E-state index in [-0.39, 0.29) is 17.5 Å². The highest BCUT2D eigenvalue weighted by atomic mass is 35.5. The van der Waals surface area contributed by atoms with E-state index in [0.29, 0.717) is 23.1 Å². The summed E-state index contributed by atoms with van der Waals surface area (Å²) < 4.78 is 29.1. The average molecular weight is 425 g/mol. The van der Waals surface area contributed by atoms with Crippen molar-refractivity contribution in [3.8, 4) is 5.75 Å². The third kappa shape index (κ3) is 5.12. The largest absolute Gasteiger partial charge is 0.497 e. The molecule has 0 amide bonds. The molecule has 2 aromatic rings. The maximum atomic E-state index is 12.0. The number of ether oxygens (including phenoxy) is 1. The normalized spacial score (nSPS) is 18.1. The lowest BCUT2D eigenvalue weighted by Crippen LogP contribution is -2.43. The van der Waals surface area contributed by atoms with E-state index in [1.165, 1.54) is 0 Å². The highest BCUT2D eigenvalue weighted by Crippen LogP contribution is 2.25. The first-order valence-corrected chi connectivity index (χ1v) is 11.1. The van der Waals surface area contributed by atoms with Gasteiger partial charge in [-0.05, 0) is 54.5 Å². The minimum atomic E-state index is -3.04. The molecule has 1 aliphatic rings. The van der Waals surface area contributed by atoms with Crippen LogP contribution in [-0.4, -0.2) is 43.1 Å². The number of methoxy groups -OCH3 is 1. The Hall–Kier alpha value is -1.83. The van der Waals surface area contributed by atoms with Crippen molar-refractivity contribution in [3.05, 3.63) is 59.1 Å². The molecule has 0 aromatic heterocycles. The van der Waals surface area contributed by atoms with Crippen LogP contribution in [0.2, 0.25) is 5.02 Å². The van der Waals surface area contributed by atoms with Gasteiger partial charge in [0.25, 0.3) is 0 Å². The summed E-state index contributed by atoms with van der Waals surface area (Å²) >= 11 is 11.9. The molecule has 2 aromatic carbocycles. The summed E-state index contributed by atoms with van der Waals surface area (Å²) in [5.41, 5.74) is 1.72. The number of hydrogen-bond acceptors (Lipinski definition) is 4. The smallest absolute Gasteiger partial charge is 0.174 e. The monoisotopic (exact) mass is 424 g/mol. The Bertz CT molecular complexity index is 917. The maximum Gasteiger partial charge on any atom is 0.174 e. The van der Waals surface area contributed by atoms with Crippen LogP contribution in [0.15, 0.2) is 48.5 Å². The third-order valence-corrected chi connectivity index (χ3v) is 7.01. The van der Waals surface area contributed by atoms with E-state index in [9.17, 15) is 8.42 Å². The Morgan fingerprint density at radius 2 is 1.96 bits per heavy atom. The van der Waals surface area contributed by atoms with E-state index in [4.69, 9.17) is 28.6 Å². The van der Waals surface area contributed by atoms with Crippen LogP contribution in [0.25, 0.3) is 0 Å². The Balaban J connectivity index is 1.81. The van der Waals surface area contributed by atoms with Crippen LogP contribution >= 0.6 is 23.8 Å². The second kappa shape index (κ2) is 8.46. The molecule has 1 heterocycles. The summed E-state index contributed by atoms with van der Waals surface area (Å²) in [4.78, 5) is 1.92. The zero-order chi connectivity index (χ0) is 19.4. The minimum absolute atomic E-state index is 0.0991. The van der Waals surface area contributed by atoms with Crippen molar-refractivity contribution >= 4 is 44.5 Å². The summed E-state index contributed by atoms with van der Waals surface area (Å²) in [6, 6.07) is 14.7. The molecule has 1 aliphatic heterocycles. The molecule has 3 rings (SSSR count). The molecular weight excluding hydrogens is 404 g/mol. The third-order valence-electron chi connectivity index (χ3n) is 4.55. The van der Waals surface area contributed by atoms with E-state index < -0.39 is 9.84 Å². The van der Waals surface area contributed by atoms with Crippen molar-refractivity contribution < 1.29 is 13.2 Å². The summed E-state index contributed by atoms with van der Waals surface area (Å²) in [6.07, 6.45) is 0.553. The molecule has 0 bridgehead atoms. The van der Waals surface area contributed by atoms with Gasteiger partial charge in [-0.2, -0.15) is 0 Å². The molecule has 1 fully saturated rings. The SMILES string of the molecule is COc1ccc(NC(=S)N(Cc2ccccc2Cl)[C@H]2CCS(=O)(=O)C2)cc1. The first kappa shape index (κ1) is 19.9. The molecule has 8 heteroatoms. The van der Waals surface area contributed by atoms with Crippen molar-refractivity contribution in [1.82, 2.24) is 4.90 Å². The van der Waals surface area contributed by atoms with Gasteiger partial charge in [-0.3, -0.25) is 0 Å². The zero-order valence-electron chi connectivity index (χ0n) is 14.9. The highest BCUT2D eigenvalue weighted by molar-refractivity contribution is 7.91. The van der Waals surface area contributed by atoms with Gasteiger partial charge >= 0.3 is 0 Å². The number of nitrogens with one attached hydrogen (secondary N) is 1. The van der Waals surface area contributed by atoms with Crippen LogP contribution in [0.5, 0.6) is 5.75 Å². The van der Waals surface area contributed by atoms with Gasteiger partial charge in [0, 0.05) is 23.3 Å². The number of anilines is 1. The van der Waals surface area contributed by atoms with E-state index in [0.717, 1.165) is 17.0 Å². The number of halogens is 1. The van der Waals surface area contributed by atoms with E-state index >= 15 is 0 Å². The minimum Gasteiger partial charge on any atom is -0.497 e. The number of nitrogens with zero attached hydrogens (tertiary/aromatic N) is 1.